The van der Waals surface area contributed by atoms with Crippen LogP contribution in [0.15, 0.2) is 24.3 Å². The van der Waals surface area contributed by atoms with Gasteiger partial charge >= 0.3 is 0 Å². The Morgan fingerprint density at radius 2 is 1.79 bits per heavy atom. The Morgan fingerprint density at radius 3 is 2.38 bits per heavy atom. The van der Waals surface area contributed by atoms with Gasteiger partial charge in [-0.1, -0.05) is 26.0 Å². The van der Waals surface area contributed by atoms with Gasteiger partial charge in [0.1, 0.15) is 0 Å². The fraction of sp³-hybridized carbons (Fsp3) is 0.556. The number of hydrogen-bond acceptors (Lipinski definition) is 4. The van der Waals surface area contributed by atoms with Crippen molar-refractivity contribution in [3.05, 3.63) is 35.4 Å². The van der Waals surface area contributed by atoms with Crippen LogP contribution in [0.1, 0.15) is 29.8 Å². The maximum Gasteiger partial charge on any atom is 0.251 e. The Morgan fingerprint density at radius 1 is 1.12 bits per heavy atom. The lowest BCUT2D eigenvalue weighted by molar-refractivity contribution is -0.133. The quantitative estimate of drug-likeness (QED) is 0.632. The van der Waals surface area contributed by atoms with Crippen molar-refractivity contribution < 1.29 is 14.3 Å². The van der Waals surface area contributed by atoms with Crippen LogP contribution in [0.25, 0.3) is 0 Å². The predicted molar refractivity (Wildman–Crippen MR) is 94.8 cm³/mol. The van der Waals surface area contributed by atoms with Gasteiger partial charge in [0.2, 0.25) is 5.91 Å². The first-order valence-corrected chi connectivity index (χ1v) is 8.27. The molecule has 0 bridgehead atoms. The first-order valence-electron chi connectivity index (χ1n) is 8.27. The zero-order valence-corrected chi connectivity index (χ0v) is 15.1. The molecule has 1 aromatic carbocycles. The van der Waals surface area contributed by atoms with Gasteiger partial charge in [-0.2, -0.15) is 0 Å². The van der Waals surface area contributed by atoms with Crippen molar-refractivity contribution >= 4 is 11.8 Å². The van der Waals surface area contributed by atoms with Crippen LogP contribution in [0.2, 0.25) is 0 Å². The molecule has 0 fully saturated rings. The average Bonchev–Trinajstić information content (AvgIpc) is 2.57. The lowest BCUT2D eigenvalue weighted by Gasteiger charge is -2.19. The van der Waals surface area contributed by atoms with Crippen LogP contribution in [0, 0.1) is 5.92 Å². The van der Waals surface area contributed by atoms with Gasteiger partial charge in [0.15, 0.2) is 0 Å². The number of amides is 2. The SMILES string of the molecule is COCCNCCNC(=O)c1ccc(CN(C)C(=O)C(C)C)cc1. The average molecular weight is 335 g/mol. The molecule has 0 aromatic heterocycles. The monoisotopic (exact) mass is 335 g/mol. The fourth-order valence-corrected chi connectivity index (χ4v) is 2.22. The summed E-state index contributed by atoms with van der Waals surface area (Å²) in [5, 5.41) is 6.03. The third-order valence-electron chi connectivity index (χ3n) is 3.58. The Bertz CT molecular complexity index is 515. The highest BCUT2D eigenvalue weighted by molar-refractivity contribution is 5.94. The summed E-state index contributed by atoms with van der Waals surface area (Å²) < 4.78 is 4.93. The molecule has 0 spiro atoms. The van der Waals surface area contributed by atoms with Gasteiger partial charge in [0.25, 0.3) is 5.91 Å². The van der Waals surface area contributed by atoms with Crippen LogP contribution in [0.4, 0.5) is 0 Å². The molecule has 0 unspecified atom stereocenters. The largest absolute Gasteiger partial charge is 0.383 e. The molecule has 0 aliphatic carbocycles. The number of ether oxygens (including phenoxy) is 1. The van der Waals surface area contributed by atoms with E-state index in [-0.39, 0.29) is 17.7 Å². The number of nitrogens with zero attached hydrogens (tertiary/aromatic N) is 1. The van der Waals surface area contributed by atoms with E-state index in [1.54, 1.807) is 31.2 Å². The fourth-order valence-electron chi connectivity index (χ4n) is 2.22. The Labute approximate surface area is 144 Å². The van der Waals surface area contributed by atoms with E-state index in [4.69, 9.17) is 4.74 Å². The molecule has 1 rings (SSSR count). The number of benzene rings is 1. The summed E-state index contributed by atoms with van der Waals surface area (Å²) >= 11 is 0. The first kappa shape index (κ1) is 20.1. The Kier molecular flexibility index (Phi) is 9.04. The molecule has 0 aliphatic rings. The first-order chi connectivity index (χ1) is 11.5. The van der Waals surface area contributed by atoms with E-state index in [2.05, 4.69) is 10.6 Å². The molecule has 134 valence electrons. The zero-order valence-electron chi connectivity index (χ0n) is 15.1. The summed E-state index contributed by atoms with van der Waals surface area (Å²) in [6, 6.07) is 7.35. The predicted octanol–water partition coefficient (Wildman–Crippen LogP) is 1.27. The summed E-state index contributed by atoms with van der Waals surface area (Å²) in [5.74, 6) is -0.00274. The number of rotatable bonds is 10. The smallest absolute Gasteiger partial charge is 0.251 e. The molecule has 2 amide bonds. The molecule has 24 heavy (non-hydrogen) atoms. The summed E-state index contributed by atoms with van der Waals surface area (Å²) in [5.41, 5.74) is 1.62. The van der Waals surface area contributed by atoms with Gasteiger partial charge in [0.05, 0.1) is 6.61 Å². The third kappa shape index (κ3) is 7.10. The van der Waals surface area contributed by atoms with Crippen molar-refractivity contribution in [3.63, 3.8) is 0 Å². The van der Waals surface area contributed by atoms with Crippen molar-refractivity contribution in [1.29, 1.82) is 0 Å². The number of nitrogens with one attached hydrogen (secondary N) is 2. The molecular weight excluding hydrogens is 306 g/mol. The van der Waals surface area contributed by atoms with Crippen molar-refractivity contribution in [1.82, 2.24) is 15.5 Å². The second-order valence-electron chi connectivity index (χ2n) is 6.04. The number of carbonyl (C=O) groups excluding carboxylic acids is 2. The second kappa shape index (κ2) is 10.8. The highest BCUT2D eigenvalue weighted by Gasteiger charge is 2.13. The van der Waals surface area contributed by atoms with Crippen LogP contribution < -0.4 is 10.6 Å². The third-order valence-corrected chi connectivity index (χ3v) is 3.58. The van der Waals surface area contributed by atoms with Gasteiger partial charge < -0.3 is 20.3 Å². The van der Waals surface area contributed by atoms with E-state index < -0.39 is 0 Å². The molecular formula is C18H29N3O3. The highest BCUT2D eigenvalue weighted by Crippen LogP contribution is 2.09. The lowest BCUT2D eigenvalue weighted by Crippen LogP contribution is -2.33. The van der Waals surface area contributed by atoms with Crippen molar-refractivity contribution in [2.45, 2.75) is 20.4 Å². The standard InChI is InChI=1S/C18H29N3O3/c1-14(2)18(23)21(3)13-15-5-7-16(8-6-15)17(22)20-10-9-19-11-12-24-4/h5-8,14,19H,9-13H2,1-4H3,(H,20,22). The Balaban J connectivity index is 2.40. The van der Waals surface area contributed by atoms with Crippen molar-refractivity contribution in [3.8, 4) is 0 Å². The molecule has 0 radical (unpaired) electrons. The minimum atomic E-state index is -0.0956. The molecule has 0 atom stereocenters. The van der Waals surface area contributed by atoms with Crippen molar-refractivity contribution in [2.24, 2.45) is 5.92 Å². The molecule has 0 aliphatic heterocycles. The highest BCUT2D eigenvalue weighted by atomic mass is 16.5. The molecule has 6 nitrogen and oxygen atoms in total. The number of hydrogen-bond donors (Lipinski definition) is 2. The minimum absolute atomic E-state index is 0.0162. The maximum atomic E-state index is 12.0. The summed E-state index contributed by atoms with van der Waals surface area (Å²) in [6.07, 6.45) is 0. The van der Waals surface area contributed by atoms with E-state index in [9.17, 15) is 9.59 Å². The normalized spacial score (nSPS) is 10.7. The minimum Gasteiger partial charge on any atom is -0.383 e. The summed E-state index contributed by atoms with van der Waals surface area (Å²) in [7, 11) is 3.45. The van der Waals surface area contributed by atoms with E-state index in [1.165, 1.54) is 0 Å². The molecule has 0 saturated carbocycles. The van der Waals surface area contributed by atoms with E-state index in [0.717, 1.165) is 12.1 Å². The molecule has 0 heterocycles. The van der Waals surface area contributed by atoms with Gasteiger partial charge in [0, 0.05) is 51.8 Å². The van der Waals surface area contributed by atoms with Crippen LogP contribution in [0.5, 0.6) is 0 Å². The molecule has 6 heteroatoms. The van der Waals surface area contributed by atoms with Crippen LogP contribution in [-0.4, -0.2) is 57.1 Å². The lowest BCUT2D eigenvalue weighted by atomic mass is 10.1. The van der Waals surface area contributed by atoms with E-state index >= 15 is 0 Å². The van der Waals surface area contributed by atoms with Gasteiger partial charge in [-0.3, -0.25) is 9.59 Å². The van der Waals surface area contributed by atoms with Crippen LogP contribution in [0.3, 0.4) is 0 Å². The summed E-state index contributed by atoms with van der Waals surface area (Å²) in [4.78, 5) is 25.6. The zero-order chi connectivity index (χ0) is 17.9. The maximum absolute atomic E-state index is 12.0. The number of methoxy groups -OCH3 is 1. The van der Waals surface area contributed by atoms with Gasteiger partial charge in [-0.15, -0.1) is 0 Å². The van der Waals surface area contributed by atoms with Crippen molar-refractivity contribution in [2.75, 3.05) is 40.4 Å². The Hall–Kier alpha value is -1.92. The molecule has 2 N–H and O–H groups in total. The topological polar surface area (TPSA) is 70.7 Å². The second-order valence-corrected chi connectivity index (χ2v) is 6.04. The summed E-state index contributed by atoms with van der Waals surface area (Å²) in [6.45, 7) is 7.01. The van der Waals surface area contributed by atoms with E-state index in [0.29, 0.717) is 31.8 Å². The van der Waals surface area contributed by atoms with Crippen LogP contribution in [-0.2, 0) is 16.1 Å². The number of carbonyl (C=O) groups is 2. The van der Waals surface area contributed by atoms with Crippen LogP contribution >= 0.6 is 0 Å². The van der Waals surface area contributed by atoms with Gasteiger partial charge in [-0.25, -0.2) is 0 Å². The van der Waals surface area contributed by atoms with Gasteiger partial charge in [-0.05, 0) is 17.7 Å². The molecule has 1 aromatic rings. The molecule has 0 saturated heterocycles. The van der Waals surface area contributed by atoms with E-state index in [1.807, 2.05) is 26.0 Å².